The second kappa shape index (κ2) is 18.0. The maximum atomic E-state index is 11.5. The van der Waals surface area contributed by atoms with E-state index in [1.807, 2.05) is 67.9 Å². The van der Waals surface area contributed by atoms with Gasteiger partial charge < -0.3 is 42.2 Å². The van der Waals surface area contributed by atoms with Gasteiger partial charge in [-0.05, 0) is 89.8 Å². The summed E-state index contributed by atoms with van der Waals surface area (Å²) in [6.45, 7) is 9.75. The van der Waals surface area contributed by atoms with Crippen LogP contribution in [0.5, 0.6) is 0 Å². The quantitative estimate of drug-likeness (QED) is 0.104. The Bertz CT molecular complexity index is 2310. The average Bonchev–Trinajstić information content (AvgIpc) is 4.04. The van der Waals surface area contributed by atoms with Crippen LogP contribution in [0.2, 0.25) is 5.02 Å². The molecule has 9 N–H and O–H groups in total. The van der Waals surface area contributed by atoms with Gasteiger partial charge in [0.2, 0.25) is 0 Å². The van der Waals surface area contributed by atoms with Crippen LogP contribution >= 0.6 is 11.6 Å². The lowest BCUT2D eigenvalue weighted by molar-refractivity contribution is -0.0383. The molecule has 3 aliphatic rings. The zero-order chi connectivity index (χ0) is 40.8. The van der Waals surface area contributed by atoms with Crippen LogP contribution in [-0.4, -0.2) is 91.4 Å². The maximum Gasteiger partial charge on any atom is 0.410 e. The van der Waals surface area contributed by atoms with E-state index in [1.165, 1.54) is 0 Å². The average molecular weight is 809 g/mol. The fraction of sp³-hybridized carbons (Fsp3) is 0.405. The topological polar surface area (TPSA) is 213 Å². The first-order chi connectivity index (χ1) is 27.9. The van der Waals surface area contributed by atoms with Crippen molar-refractivity contribution in [2.45, 2.75) is 76.8 Å². The van der Waals surface area contributed by atoms with Crippen molar-refractivity contribution in [3.05, 3.63) is 78.1 Å². The molecule has 2 aromatic carbocycles. The number of nitrogens with two attached hydrogens (primary N) is 3. The number of benzene rings is 2. The number of nitrogens with one attached hydrogen (secondary N) is 3. The Morgan fingerprint density at radius 2 is 1.69 bits per heavy atom. The third kappa shape index (κ3) is 10.1. The molecule has 7 heterocycles. The number of fused-ring (bicyclic) bond motifs is 2. The number of rotatable bonds is 5. The monoisotopic (exact) mass is 808 g/mol. The molecule has 9 rings (SSSR count). The Balaban J connectivity index is 0.000000138. The lowest BCUT2D eigenvalue weighted by Gasteiger charge is -2.24. The van der Waals surface area contributed by atoms with Crippen LogP contribution in [0.3, 0.4) is 0 Å². The second-order valence-corrected chi connectivity index (χ2v) is 16.3. The molecule has 1 amide bonds. The summed E-state index contributed by atoms with van der Waals surface area (Å²) in [6.07, 6.45) is 8.56. The summed E-state index contributed by atoms with van der Waals surface area (Å²) in [5.74, 6) is 0.950. The highest BCUT2D eigenvalue weighted by molar-refractivity contribution is 6.35. The Hall–Kier alpha value is -5.48. The van der Waals surface area contributed by atoms with E-state index in [4.69, 9.17) is 38.3 Å². The highest BCUT2D eigenvalue weighted by Gasteiger charge is 2.28. The number of anilines is 3. The van der Waals surface area contributed by atoms with Crippen molar-refractivity contribution in [2.24, 2.45) is 5.73 Å². The van der Waals surface area contributed by atoms with E-state index >= 15 is 0 Å². The standard InChI is InChI=1S/C17H17ClN4O.C16H18N6.C9H18N2O2/c18-13-10-16(19)21-14-9-11(4-5-12(13)14)15-6-7-20-22(15)17-3-1-2-8-23-17;17-16-8-15(20-11-3-5-18-9-11)12-2-1-10(7-14(12)21-16)13-4-6-19-22-13;1-9(2,3)13-8(12)11-5-4-7(10)6-11/h4-7,9-10,17H,1-3,8H2,(H2,19,21);1-2,4,6-8,11,18H,3,5,9H2,(H,19,22)(H3,17,20,21);7H,4-6,10H2,1-3H3/t;11-;7-/m.10/s1. The van der Waals surface area contributed by atoms with Gasteiger partial charge in [-0.3, -0.25) is 5.10 Å². The van der Waals surface area contributed by atoms with Crippen molar-refractivity contribution in [1.29, 1.82) is 0 Å². The zero-order valence-electron chi connectivity index (χ0n) is 33.2. The van der Waals surface area contributed by atoms with Crippen molar-refractivity contribution in [3.63, 3.8) is 0 Å². The maximum absolute atomic E-state index is 11.5. The molecule has 306 valence electrons. The molecule has 3 aliphatic heterocycles. The Labute approximate surface area is 343 Å². The number of ether oxygens (including phenoxy) is 2. The highest BCUT2D eigenvalue weighted by Crippen LogP contribution is 2.33. The fourth-order valence-corrected chi connectivity index (χ4v) is 7.55. The largest absolute Gasteiger partial charge is 0.444 e. The number of H-pyrrole nitrogens is 1. The lowest BCUT2D eigenvalue weighted by Crippen LogP contribution is -2.36. The van der Waals surface area contributed by atoms with Gasteiger partial charge in [-0.2, -0.15) is 10.2 Å². The number of aromatic amines is 1. The van der Waals surface area contributed by atoms with Gasteiger partial charge in [0.15, 0.2) is 6.23 Å². The summed E-state index contributed by atoms with van der Waals surface area (Å²) in [5.41, 5.74) is 23.8. The van der Waals surface area contributed by atoms with Gasteiger partial charge in [0, 0.05) is 84.4 Å². The van der Waals surface area contributed by atoms with Crippen molar-refractivity contribution in [1.82, 2.24) is 40.2 Å². The summed E-state index contributed by atoms with van der Waals surface area (Å²) in [4.78, 5) is 22.0. The molecule has 15 nitrogen and oxygen atoms in total. The van der Waals surface area contributed by atoms with Gasteiger partial charge in [-0.15, -0.1) is 0 Å². The number of nitrogens with zero attached hydrogens (tertiary/aromatic N) is 6. The number of pyridine rings is 2. The number of nitrogen functional groups attached to an aromatic ring is 2. The number of hydrogen-bond acceptors (Lipinski definition) is 12. The second-order valence-electron chi connectivity index (χ2n) is 15.8. The molecule has 4 aromatic heterocycles. The van der Waals surface area contributed by atoms with E-state index in [-0.39, 0.29) is 18.4 Å². The Morgan fingerprint density at radius 3 is 2.38 bits per heavy atom. The molecule has 58 heavy (non-hydrogen) atoms. The van der Waals surface area contributed by atoms with Gasteiger partial charge >= 0.3 is 6.09 Å². The minimum Gasteiger partial charge on any atom is -0.444 e. The van der Waals surface area contributed by atoms with E-state index in [9.17, 15) is 4.79 Å². The van der Waals surface area contributed by atoms with Crippen molar-refractivity contribution in [2.75, 3.05) is 49.6 Å². The third-order valence-electron chi connectivity index (χ3n) is 10.1. The van der Waals surface area contributed by atoms with Crippen molar-refractivity contribution >= 4 is 56.8 Å². The lowest BCUT2D eigenvalue weighted by atomic mass is 10.1. The number of halogens is 1. The summed E-state index contributed by atoms with van der Waals surface area (Å²) < 4.78 is 13.0. The molecule has 16 heteroatoms. The molecule has 1 unspecified atom stereocenters. The van der Waals surface area contributed by atoms with E-state index in [0.29, 0.717) is 29.2 Å². The normalized spacial score (nSPS) is 19.3. The molecule has 0 saturated carbocycles. The first-order valence-electron chi connectivity index (χ1n) is 19.8. The minimum atomic E-state index is -0.413. The molecular weight excluding hydrogens is 756 g/mol. The van der Waals surface area contributed by atoms with Crippen molar-refractivity contribution in [3.8, 4) is 22.5 Å². The van der Waals surface area contributed by atoms with E-state index < -0.39 is 5.60 Å². The summed E-state index contributed by atoms with van der Waals surface area (Å²) in [5, 5.41) is 21.0. The van der Waals surface area contributed by atoms with Gasteiger partial charge in [0.25, 0.3) is 0 Å². The predicted octanol–water partition coefficient (Wildman–Crippen LogP) is 6.97. The van der Waals surface area contributed by atoms with Gasteiger partial charge in [0.1, 0.15) is 17.2 Å². The van der Waals surface area contributed by atoms with E-state index in [1.54, 1.807) is 23.4 Å². The van der Waals surface area contributed by atoms with Gasteiger partial charge in [-0.1, -0.05) is 35.9 Å². The van der Waals surface area contributed by atoms with Crippen molar-refractivity contribution < 1.29 is 14.3 Å². The van der Waals surface area contributed by atoms with Gasteiger partial charge in [-0.25, -0.2) is 19.4 Å². The van der Waals surface area contributed by atoms with Crippen LogP contribution in [0.25, 0.3) is 44.3 Å². The van der Waals surface area contributed by atoms with E-state index in [0.717, 1.165) is 108 Å². The number of amides is 1. The third-order valence-corrected chi connectivity index (χ3v) is 10.4. The van der Waals surface area contributed by atoms with Crippen LogP contribution in [0.1, 0.15) is 59.1 Å². The molecular formula is C42H53ClN12O3. The fourth-order valence-electron chi connectivity index (χ4n) is 7.28. The molecule has 3 saturated heterocycles. The Kier molecular flexibility index (Phi) is 12.6. The number of aromatic nitrogens is 6. The van der Waals surface area contributed by atoms with Crippen LogP contribution in [-0.2, 0) is 9.47 Å². The van der Waals surface area contributed by atoms with E-state index in [2.05, 4.69) is 48.0 Å². The first kappa shape index (κ1) is 40.7. The van der Waals surface area contributed by atoms with Crippen LogP contribution in [0.4, 0.5) is 22.1 Å². The number of likely N-dealkylation sites (tertiary alicyclic amines) is 1. The molecule has 0 bridgehead atoms. The van der Waals surface area contributed by atoms with Crippen LogP contribution in [0.15, 0.2) is 73.1 Å². The molecule has 6 aromatic rings. The molecule has 0 spiro atoms. The smallest absolute Gasteiger partial charge is 0.410 e. The summed E-state index contributed by atoms with van der Waals surface area (Å²) >= 11 is 6.24. The summed E-state index contributed by atoms with van der Waals surface area (Å²) in [6, 6.07) is 20.3. The molecule has 0 radical (unpaired) electrons. The van der Waals surface area contributed by atoms with Crippen LogP contribution < -0.4 is 27.8 Å². The predicted molar refractivity (Wildman–Crippen MR) is 230 cm³/mol. The first-order valence-corrected chi connectivity index (χ1v) is 20.2. The zero-order valence-corrected chi connectivity index (χ0v) is 34.0. The number of carbonyl (C=O) groups is 1. The molecule has 3 atom stereocenters. The molecule has 3 fully saturated rings. The SMILES string of the molecule is CC(C)(C)OC(=O)N1CC[C@H](N)C1.Nc1cc(Cl)c2ccc(-c3ccnn3C3CCCCO3)cc2n1.Nc1cc(N[C@@H]2CCNC2)c2ccc(-c3ccn[nH]3)cc2n1. The Morgan fingerprint density at radius 1 is 0.931 bits per heavy atom. The van der Waals surface area contributed by atoms with Gasteiger partial charge in [0.05, 0.1) is 27.4 Å². The number of hydrogen-bond donors (Lipinski definition) is 6. The highest BCUT2D eigenvalue weighted by atomic mass is 35.5. The van der Waals surface area contributed by atoms with Crippen LogP contribution in [0, 0.1) is 0 Å². The summed E-state index contributed by atoms with van der Waals surface area (Å²) in [7, 11) is 0. The molecule has 0 aliphatic carbocycles. The number of carbonyl (C=O) groups excluding carboxylic acids is 1. The minimum absolute atomic E-state index is 0.00170.